The normalized spacial score (nSPS) is 13.0. The summed E-state index contributed by atoms with van der Waals surface area (Å²) in [6.45, 7) is 5.20. The van der Waals surface area contributed by atoms with E-state index in [0.29, 0.717) is 6.04 Å². The Morgan fingerprint density at radius 1 is 1.21 bits per heavy atom. The maximum absolute atomic E-state index is 12.9. The van der Waals surface area contributed by atoms with E-state index in [1.165, 1.54) is 17.0 Å². The molecule has 0 amide bonds. The molecule has 1 atom stereocenters. The van der Waals surface area contributed by atoms with Crippen molar-refractivity contribution < 1.29 is 4.39 Å². The van der Waals surface area contributed by atoms with E-state index in [1.807, 2.05) is 12.1 Å². The molecule has 1 aromatic heterocycles. The Kier molecular flexibility index (Phi) is 4.88. The zero-order chi connectivity index (χ0) is 13.7. The maximum Gasteiger partial charge on any atom is 0.123 e. The zero-order valence-electron chi connectivity index (χ0n) is 11.2. The number of halogens is 1. The van der Waals surface area contributed by atoms with Gasteiger partial charge >= 0.3 is 0 Å². The fourth-order valence-electron chi connectivity index (χ4n) is 1.84. The van der Waals surface area contributed by atoms with Crippen LogP contribution in [0.25, 0.3) is 16.5 Å². The largest absolute Gasteiger partial charge is 0.311 e. The Bertz CT molecular complexity index is 542. The van der Waals surface area contributed by atoms with Crippen molar-refractivity contribution in [1.29, 1.82) is 0 Å². The summed E-state index contributed by atoms with van der Waals surface area (Å²) in [4.78, 5) is 2.37. The van der Waals surface area contributed by atoms with Gasteiger partial charge in [0.15, 0.2) is 0 Å². The molecule has 0 bridgehead atoms. The molecule has 2 aromatic rings. The SMILES string of the molecule is CCNC(C)/C=C/c1ccc(-c2ccc(F)cc2)s1. The molecule has 1 N–H and O–H groups in total. The van der Waals surface area contributed by atoms with Crippen LogP contribution >= 0.6 is 11.3 Å². The summed E-state index contributed by atoms with van der Waals surface area (Å²) in [5.41, 5.74) is 1.06. The maximum atomic E-state index is 12.9. The van der Waals surface area contributed by atoms with Gasteiger partial charge in [0.2, 0.25) is 0 Å². The van der Waals surface area contributed by atoms with E-state index in [2.05, 4.69) is 43.4 Å². The van der Waals surface area contributed by atoms with E-state index < -0.39 is 0 Å². The molecular formula is C16H18FNS. The molecule has 0 radical (unpaired) electrons. The lowest BCUT2D eigenvalue weighted by Gasteiger charge is -2.04. The van der Waals surface area contributed by atoms with Crippen LogP contribution in [0.3, 0.4) is 0 Å². The molecule has 0 saturated carbocycles. The highest BCUT2D eigenvalue weighted by atomic mass is 32.1. The first-order chi connectivity index (χ1) is 9.19. The minimum atomic E-state index is -0.195. The van der Waals surface area contributed by atoms with Crippen molar-refractivity contribution in [2.24, 2.45) is 0 Å². The second kappa shape index (κ2) is 6.64. The number of benzene rings is 1. The fourth-order valence-corrected chi connectivity index (χ4v) is 2.77. The summed E-state index contributed by atoms with van der Waals surface area (Å²) in [5.74, 6) is -0.195. The van der Waals surface area contributed by atoms with Gasteiger partial charge < -0.3 is 5.32 Å². The molecule has 1 nitrogen and oxygen atoms in total. The summed E-state index contributed by atoms with van der Waals surface area (Å²) < 4.78 is 12.9. The second-order valence-corrected chi connectivity index (χ2v) is 5.53. The van der Waals surface area contributed by atoms with Crippen molar-refractivity contribution >= 4 is 17.4 Å². The molecule has 0 aliphatic carbocycles. The van der Waals surface area contributed by atoms with Crippen LogP contribution in [0.2, 0.25) is 0 Å². The Labute approximate surface area is 117 Å². The lowest BCUT2D eigenvalue weighted by Crippen LogP contribution is -2.22. The number of rotatable bonds is 5. The lowest BCUT2D eigenvalue weighted by atomic mass is 10.2. The van der Waals surface area contributed by atoms with Crippen LogP contribution in [0, 0.1) is 5.82 Å². The summed E-state index contributed by atoms with van der Waals surface area (Å²) >= 11 is 1.71. The van der Waals surface area contributed by atoms with Crippen molar-refractivity contribution in [3.05, 3.63) is 53.2 Å². The molecule has 1 heterocycles. The van der Waals surface area contributed by atoms with E-state index in [-0.39, 0.29) is 5.82 Å². The van der Waals surface area contributed by atoms with Gasteiger partial charge in [0.25, 0.3) is 0 Å². The van der Waals surface area contributed by atoms with Crippen LogP contribution in [0.1, 0.15) is 18.7 Å². The first kappa shape index (κ1) is 14.0. The van der Waals surface area contributed by atoms with Gasteiger partial charge in [-0.2, -0.15) is 0 Å². The van der Waals surface area contributed by atoms with Gasteiger partial charge in [-0.05, 0) is 49.4 Å². The highest BCUT2D eigenvalue weighted by Crippen LogP contribution is 2.28. The Morgan fingerprint density at radius 3 is 2.63 bits per heavy atom. The van der Waals surface area contributed by atoms with Gasteiger partial charge in [0.1, 0.15) is 5.82 Å². The molecule has 19 heavy (non-hydrogen) atoms. The van der Waals surface area contributed by atoms with Gasteiger partial charge in [0, 0.05) is 15.8 Å². The van der Waals surface area contributed by atoms with E-state index in [1.54, 1.807) is 11.3 Å². The van der Waals surface area contributed by atoms with E-state index in [0.717, 1.165) is 17.0 Å². The molecule has 0 aliphatic rings. The number of nitrogens with one attached hydrogen (secondary N) is 1. The Balaban J connectivity index is 2.08. The third kappa shape index (κ3) is 4.01. The van der Waals surface area contributed by atoms with Gasteiger partial charge in [-0.15, -0.1) is 11.3 Å². The molecule has 2 rings (SSSR count). The predicted octanol–water partition coefficient (Wildman–Crippen LogP) is 4.57. The molecular weight excluding hydrogens is 257 g/mol. The second-order valence-electron chi connectivity index (χ2n) is 4.41. The molecule has 0 saturated heterocycles. The molecule has 3 heteroatoms. The lowest BCUT2D eigenvalue weighted by molar-refractivity contribution is 0.628. The van der Waals surface area contributed by atoms with E-state index in [9.17, 15) is 4.39 Å². The van der Waals surface area contributed by atoms with Crippen LogP contribution in [-0.4, -0.2) is 12.6 Å². The molecule has 1 unspecified atom stereocenters. The van der Waals surface area contributed by atoms with Crippen molar-refractivity contribution in [3.63, 3.8) is 0 Å². The minimum Gasteiger partial charge on any atom is -0.311 e. The quantitative estimate of drug-likeness (QED) is 0.843. The predicted molar refractivity (Wildman–Crippen MR) is 81.9 cm³/mol. The topological polar surface area (TPSA) is 12.0 Å². The van der Waals surface area contributed by atoms with Crippen LogP contribution in [0.5, 0.6) is 0 Å². The monoisotopic (exact) mass is 275 g/mol. The summed E-state index contributed by atoms with van der Waals surface area (Å²) in [6.07, 6.45) is 4.29. The first-order valence-electron chi connectivity index (χ1n) is 6.46. The molecule has 100 valence electrons. The molecule has 0 fully saturated rings. The zero-order valence-corrected chi connectivity index (χ0v) is 12.0. The highest BCUT2D eigenvalue weighted by Gasteiger charge is 2.02. The third-order valence-corrected chi connectivity index (χ3v) is 3.93. The van der Waals surface area contributed by atoms with E-state index in [4.69, 9.17) is 0 Å². The van der Waals surface area contributed by atoms with E-state index >= 15 is 0 Å². The Morgan fingerprint density at radius 2 is 1.95 bits per heavy atom. The number of hydrogen-bond donors (Lipinski definition) is 1. The summed E-state index contributed by atoms with van der Waals surface area (Å²) in [7, 11) is 0. The van der Waals surface area contributed by atoms with Gasteiger partial charge in [-0.1, -0.05) is 25.1 Å². The van der Waals surface area contributed by atoms with Gasteiger partial charge in [-0.25, -0.2) is 4.39 Å². The summed E-state index contributed by atoms with van der Waals surface area (Å²) in [6, 6.07) is 11.2. The highest BCUT2D eigenvalue weighted by molar-refractivity contribution is 7.16. The van der Waals surface area contributed by atoms with Crippen LogP contribution in [0.4, 0.5) is 4.39 Å². The fraction of sp³-hybridized carbons (Fsp3) is 0.250. The average Bonchev–Trinajstić information content (AvgIpc) is 2.86. The van der Waals surface area contributed by atoms with Crippen LogP contribution < -0.4 is 5.32 Å². The number of thiophene rings is 1. The van der Waals surface area contributed by atoms with Crippen molar-refractivity contribution in [1.82, 2.24) is 5.32 Å². The third-order valence-electron chi connectivity index (χ3n) is 2.83. The van der Waals surface area contributed by atoms with Crippen LogP contribution in [-0.2, 0) is 0 Å². The van der Waals surface area contributed by atoms with Crippen LogP contribution in [0.15, 0.2) is 42.5 Å². The van der Waals surface area contributed by atoms with Gasteiger partial charge in [0.05, 0.1) is 0 Å². The molecule has 0 spiro atoms. The minimum absolute atomic E-state index is 0.195. The summed E-state index contributed by atoms with van der Waals surface area (Å²) in [5, 5.41) is 3.34. The standard InChI is InChI=1S/C16H18FNS/c1-3-18-12(2)4-9-15-10-11-16(19-15)13-5-7-14(17)8-6-13/h4-12,18H,3H2,1-2H3/b9-4+. The Hall–Kier alpha value is -1.45. The average molecular weight is 275 g/mol. The first-order valence-corrected chi connectivity index (χ1v) is 7.28. The molecule has 1 aromatic carbocycles. The van der Waals surface area contributed by atoms with Crippen molar-refractivity contribution in [2.45, 2.75) is 19.9 Å². The van der Waals surface area contributed by atoms with Gasteiger partial charge in [-0.3, -0.25) is 0 Å². The van der Waals surface area contributed by atoms with Crippen molar-refractivity contribution in [2.75, 3.05) is 6.54 Å². The number of hydrogen-bond acceptors (Lipinski definition) is 2. The molecule has 0 aliphatic heterocycles. The number of likely N-dealkylation sites (N-methyl/N-ethyl adjacent to an activating group) is 1. The smallest absolute Gasteiger partial charge is 0.123 e. The van der Waals surface area contributed by atoms with Crippen molar-refractivity contribution in [3.8, 4) is 10.4 Å².